The van der Waals surface area contributed by atoms with Gasteiger partial charge < -0.3 is 40.3 Å². The van der Waals surface area contributed by atoms with Gasteiger partial charge in [0.05, 0.1) is 25.4 Å². The van der Waals surface area contributed by atoms with Crippen LogP contribution in [-0.2, 0) is 14.3 Å². The average Bonchev–Trinajstić information content (AvgIpc) is 3.68. The molecule has 9 heteroatoms. The van der Waals surface area contributed by atoms with Crippen molar-refractivity contribution in [3.05, 3.63) is 72.9 Å². The standard InChI is InChI=1S/C76H139NO8/c1-3-5-7-9-11-13-15-17-19-21-23-25-26-27-28-29-30-31-32-33-34-35-36-37-38-39-40-41-42-43-44-46-48-50-52-54-56-58-60-62-64-66-72(80)77-69(68-84-76-75(83)74(82)73(81)71(67-78)85-76)70(79)65-63-61-59-57-55-53-51-49-47-45-24-22-20-18-16-14-12-10-8-6-4-2/h15,17,21,23,26-27,47,49,55,57,63,65,69-71,73-76,78-79,81-83H,3-14,16,18-20,22,24-25,28-46,48,50-54,56,58-62,64,66-68H2,1-2H3,(H,77,80)/b17-15-,23-21-,27-26-,49-47+,57-55+,65-63+. The summed E-state index contributed by atoms with van der Waals surface area (Å²) in [5.74, 6) is -0.186. The lowest BCUT2D eigenvalue weighted by atomic mass is 9.99. The van der Waals surface area contributed by atoms with Crippen molar-refractivity contribution < 1.29 is 39.8 Å². The van der Waals surface area contributed by atoms with Crippen molar-refractivity contribution in [1.82, 2.24) is 5.32 Å². The van der Waals surface area contributed by atoms with E-state index in [0.717, 1.165) is 57.8 Å². The molecule has 0 radical (unpaired) electrons. The lowest BCUT2D eigenvalue weighted by molar-refractivity contribution is -0.302. The summed E-state index contributed by atoms with van der Waals surface area (Å²) in [5, 5.41) is 54.7. The molecule has 1 saturated heterocycles. The van der Waals surface area contributed by atoms with Crippen LogP contribution in [0, 0.1) is 0 Å². The Morgan fingerprint density at radius 2 is 0.706 bits per heavy atom. The van der Waals surface area contributed by atoms with Crippen molar-refractivity contribution in [3.63, 3.8) is 0 Å². The third-order valence-electron chi connectivity index (χ3n) is 17.2. The van der Waals surface area contributed by atoms with Gasteiger partial charge in [0.1, 0.15) is 24.4 Å². The lowest BCUT2D eigenvalue weighted by Gasteiger charge is -2.40. The Labute approximate surface area is 525 Å². The predicted octanol–water partition coefficient (Wildman–Crippen LogP) is 20.3. The molecule has 1 fully saturated rings. The quantitative estimate of drug-likeness (QED) is 0.0261. The monoisotopic (exact) mass is 1190 g/mol. The molecule has 9 nitrogen and oxygen atoms in total. The maximum Gasteiger partial charge on any atom is 0.220 e. The summed E-state index contributed by atoms with van der Waals surface area (Å²) in [6.45, 7) is 3.78. The fraction of sp³-hybridized carbons (Fsp3) is 0.829. The van der Waals surface area contributed by atoms with Gasteiger partial charge in [-0.15, -0.1) is 0 Å². The molecule has 6 N–H and O–H groups in total. The number of rotatable bonds is 64. The normalized spacial score (nSPS) is 18.5. The molecule has 1 aliphatic rings. The first kappa shape index (κ1) is 80.6. The Kier molecular flexibility index (Phi) is 61.3. The SMILES string of the molecule is CCCCCCC/C=C\C/C=C\C/C=C\CCCCCCCCCCCCCCCCCCCCCCCCCCCCC(=O)NC(COC1OC(CO)C(O)C(O)C1O)C(O)/C=C/CC/C=C/CC/C=C/CCCCCCCCCCCCC. The minimum atomic E-state index is -1.58. The molecule has 0 aromatic carbocycles. The van der Waals surface area contributed by atoms with Gasteiger partial charge in [-0.1, -0.05) is 331 Å². The van der Waals surface area contributed by atoms with Crippen molar-refractivity contribution in [2.45, 2.75) is 391 Å². The lowest BCUT2D eigenvalue weighted by Crippen LogP contribution is -2.60. The van der Waals surface area contributed by atoms with E-state index < -0.39 is 49.5 Å². The van der Waals surface area contributed by atoms with Gasteiger partial charge in [0, 0.05) is 6.42 Å². The maximum atomic E-state index is 13.1. The van der Waals surface area contributed by atoms with Crippen LogP contribution in [0.2, 0.25) is 0 Å². The first-order valence-corrected chi connectivity index (χ1v) is 36.7. The van der Waals surface area contributed by atoms with Crippen LogP contribution in [0.4, 0.5) is 0 Å². The molecule has 7 atom stereocenters. The third-order valence-corrected chi connectivity index (χ3v) is 17.2. The van der Waals surface area contributed by atoms with Crippen molar-refractivity contribution in [1.29, 1.82) is 0 Å². The van der Waals surface area contributed by atoms with E-state index in [0.29, 0.717) is 6.42 Å². The maximum absolute atomic E-state index is 13.1. The number of hydrogen-bond acceptors (Lipinski definition) is 8. The van der Waals surface area contributed by atoms with Gasteiger partial charge in [-0.05, 0) is 83.5 Å². The molecule has 0 aromatic heterocycles. The smallest absolute Gasteiger partial charge is 0.220 e. The van der Waals surface area contributed by atoms with Crippen LogP contribution >= 0.6 is 0 Å². The van der Waals surface area contributed by atoms with Crippen LogP contribution < -0.4 is 5.32 Å². The second kappa shape index (κ2) is 64.6. The molecule has 1 rings (SSSR count). The zero-order valence-corrected chi connectivity index (χ0v) is 55.6. The van der Waals surface area contributed by atoms with E-state index in [1.165, 1.54) is 270 Å². The Hall–Kier alpha value is -2.37. The van der Waals surface area contributed by atoms with Crippen molar-refractivity contribution in [3.8, 4) is 0 Å². The topological polar surface area (TPSA) is 149 Å². The van der Waals surface area contributed by atoms with Crippen LogP contribution in [0.25, 0.3) is 0 Å². The highest BCUT2D eigenvalue weighted by molar-refractivity contribution is 5.76. The number of aliphatic hydroxyl groups excluding tert-OH is 5. The molecule has 85 heavy (non-hydrogen) atoms. The summed E-state index contributed by atoms with van der Waals surface area (Å²) in [6.07, 6.45) is 84.6. The van der Waals surface area contributed by atoms with Gasteiger partial charge >= 0.3 is 0 Å². The van der Waals surface area contributed by atoms with Gasteiger partial charge in [0.2, 0.25) is 5.91 Å². The van der Waals surface area contributed by atoms with Crippen molar-refractivity contribution in [2.24, 2.45) is 0 Å². The molecular formula is C76H139NO8. The van der Waals surface area contributed by atoms with Gasteiger partial charge in [-0.2, -0.15) is 0 Å². The summed E-state index contributed by atoms with van der Waals surface area (Å²) in [4.78, 5) is 13.1. The summed E-state index contributed by atoms with van der Waals surface area (Å²) in [6, 6.07) is -0.830. The Balaban J connectivity index is 2.07. The molecule has 1 heterocycles. The Bertz CT molecular complexity index is 1570. The predicted molar refractivity (Wildman–Crippen MR) is 364 cm³/mol. The van der Waals surface area contributed by atoms with E-state index in [4.69, 9.17) is 9.47 Å². The highest BCUT2D eigenvalue weighted by Crippen LogP contribution is 2.23. The fourth-order valence-electron chi connectivity index (χ4n) is 11.5. The number of amides is 1. The molecule has 0 spiro atoms. The molecule has 1 amide bonds. The zero-order valence-electron chi connectivity index (χ0n) is 55.6. The first-order chi connectivity index (χ1) is 41.8. The highest BCUT2D eigenvalue weighted by Gasteiger charge is 2.44. The van der Waals surface area contributed by atoms with Crippen LogP contribution in [0.5, 0.6) is 0 Å². The molecular weight excluding hydrogens is 1050 g/mol. The minimum absolute atomic E-state index is 0.186. The van der Waals surface area contributed by atoms with Crippen LogP contribution in [-0.4, -0.2) is 87.5 Å². The van der Waals surface area contributed by atoms with Crippen LogP contribution in [0.15, 0.2) is 72.9 Å². The Morgan fingerprint density at radius 3 is 1.07 bits per heavy atom. The average molecular weight is 1190 g/mol. The molecule has 7 unspecified atom stereocenters. The number of ether oxygens (including phenoxy) is 2. The van der Waals surface area contributed by atoms with Crippen LogP contribution in [0.3, 0.4) is 0 Å². The van der Waals surface area contributed by atoms with Gasteiger partial charge in [-0.25, -0.2) is 0 Å². The number of allylic oxidation sites excluding steroid dienone is 11. The molecule has 496 valence electrons. The number of unbranched alkanes of at least 4 members (excludes halogenated alkanes) is 44. The summed E-state index contributed by atoms with van der Waals surface area (Å²) < 4.78 is 11.3. The molecule has 0 bridgehead atoms. The number of hydrogen-bond donors (Lipinski definition) is 6. The summed E-state index contributed by atoms with van der Waals surface area (Å²) in [5.41, 5.74) is 0. The summed E-state index contributed by atoms with van der Waals surface area (Å²) >= 11 is 0. The molecule has 0 aromatic rings. The number of aliphatic hydroxyl groups is 5. The number of nitrogens with one attached hydrogen (secondary N) is 1. The highest BCUT2D eigenvalue weighted by atomic mass is 16.7. The van der Waals surface area contributed by atoms with Crippen molar-refractivity contribution >= 4 is 5.91 Å². The minimum Gasteiger partial charge on any atom is -0.394 e. The van der Waals surface area contributed by atoms with E-state index in [-0.39, 0.29) is 12.5 Å². The van der Waals surface area contributed by atoms with Crippen LogP contribution in [0.1, 0.15) is 348 Å². The van der Waals surface area contributed by atoms with Crippen molar-refractivity contribution in [2.75, 3.05) is 13.2 Å². The first-order valence-electron chi connectivity index (χ1n) is 36.7. The Morgan fingerprint density at radius 1 is 0.400 bits per heavy atom. The molecule has 1 aliphatic heterocycles. The number of carbonyl (C=O) groups is 1. The van der Waals surface area contributed by atoms with E-state index >= 15 is 0 Å². The summed E-state index contributed by atoms with van der Waals surface area (Å²) in [7, 11) is 0. The second-order valence-electron chi connectivity index (χ2n) is 25.4. The second-order valence-corrected chi connectivity index (χ2v) is 25.4. The fourth-order valence-corrected chi connectivity index (χ4v) is 11.5. The van der Waals surface area contributed by atoms with Gasteiger partial charge in [0.25, 0.3) is 0 Å². The van der Waals surface area contributed by atoms with E-state index in [1.54, 1.807) is 6.08 Å². The molecule has 0 saturated carbocycles. The number of carbonyl (C=O) groups excluding carboxylic acids is 1. The van der Waals surface area contributed by atoms with E-state index in [1.807, 2.05) is 6.08 Å². The van der Waals surface area contributed by atoms with E-state index in [9.17, 15) is 30.3 Å². The zero-order chi connectivity index (χ0) is 61.4. The van der Waals surface area contributed by atoms with Gasteiger partial charge in [0.15, 0.2) is 6.29 Å². The largest absolute Gasteiger partial charge is 0.394 e. The molecule has 0 aliphatic carbocycles. The third kappa shape index (κ3) is 53.2. The van der Waals surface area contributed by atoms with Gasteiger partial charge in [-0.3, -0.25) is 4.79 Å². The van der Waals surface area contributed by atoms with E-state index in [2.05, 4.69) is 79.9 Å².